The molecule has 5 rings (SSSR count). The molecule has 0 N–H and O–H groups in total. The molecule has 2 spiro atoms. The molecule has 0 aromatic heterocycles. The Balaban J connectivity index is 1.50. The lowest BCUT2D eigenvalue weighted by Crippen LogP contribution is -2.63. The largest absolute Gasteiger partial charge is 0.413 e. The maximum absolute atomic E-state index is 13.6. The summed E-state index contributed by atoms with van der Waals surface area (Å²) in [7, 11) is -1.88. The SMILES string of the molecule is CC(C)(C)[Si](C)(C)O[C@H]1CC[C@@H]2[C@]1(C)CCC1C(=O)C3=CC(=O)C=C[C@@]34CC[C@]12O4. The van der Waals surface area contributed by atoms with E-state index in [1.165, 1.54) is 0 Å². The predicted octanol–water partition coefficient (Wildman–Crippen LogP) is 5.14. The smallest absolute Gasteiger partial charge is 0.192 e. The van der Waals surface area contributed by atoms with E-state index in [2.05, 4.69) is 40.8 Å². The first-order chi connectivity index (χ1) is 13.8. The highest BCUT2D eigenvalue weighted by atomic mass is 28.4. The molecule has 30 heavy (non-hydrogen) atoms. The first kappa shape index (κ1) is 20.8. The van der Waals surface area contributed by atoms with E-state index in [0.29, 0.717) is 11.5 Å². The van der Waals surface area contributed by atoms with Crippen LogP contribution in [-0.4, -0.2) is 37.2 Å². The first-order valence-electron chi connectivity index (χ1n) is 11.7. The molecule has 2 saturated carbocycles. The number of hydrogen-bond acceptors (Lipinski definition) is 4. The molecule has 0 radical (unpaired) electrons. The zero-order chi connectivity index (χ0) is 21.7. The van der Waals surface area contributed by atoms with E-state index in [9.17, 15) is 9.59 Å². The van der Waals surface area contributed by atoms with Crippen molar-refractivity contribution in [1.29, 1.82) is 0 Å². The highest BCUT2D eigenvalue weighted by molar-refractivity contribution is 6.74. The summed E-state index contributed by atoms with van der Waals surface area (Å²) in [4.78, 5) is 25.6. The fraction of sp³-hybridized carbons (Fsp3) is 0.760. The molecule has 1 unspecified atom stereocenters. The molecule has 0 amide bonds. The number of carbonyl (C=O) groups excluding carboxylic acids is 2. The molecular weight excluding hydrogens is 392 g/mol. The summed E-state index contributed by atoms with van der Waals surface area (Å²) < 4.78 is 13.9. The number of ether oxygens (including phenoxy) is 1. The normalized spacial score (nSPS) is 45.1. The van der Waals surface area contributed by atoms with Crippen molar-refractivity contribution in [1.82, 2.24) is 0 Å². The topological polar surface area (TPSA) is 52.6 Å². The Morgan fingerprint density at radius 3 is 2.53 bits per heavy atom. The lowest BCUT2D eigenvalue weighted by atomic mass is 9.55. The second-order valence-electron chi connectivity index (χ2n) is 12.2. The number of rotatable bonds is 2. The molecule has 3 aliphatic carbocycles. The minimum absolute atomic E-state index is 0.0489. The molecule has 2 saturated heterocycles. The van der Waals surface area contributed by atoms with Gasteiger partial charge in [0, 0.05) is 5.57 Å². The van der Waals surface area contributed by atoms with Crippen LogP contribution in [0.1, 0.15) is 66.2 Å². The van der Waals surface area contributed by atoms with Crippen molar-refractivity contribution in [2.24, 2.45) is 17.3 Å². The summed E-state index contributed by atoms with van der Waals surface area (Å²) in [6.07, 6.45) is 10.9. The van der Waals surface area contributed by atoms with Gasteiger partial charge in [0.2, 0.25) is 0 Å². The van der Waals surface area contributed by atoms with Crippen molar-refractivity contribution >= 4 is 19.9 Å². The van der Waals surface area contributed by atoms with Crippen LogP contribution in [0.15, 0.2) is 23.8 Å². The predicted molar refractivity (Wildman–Crippen MR) is 119 cm³/mol. The van der Waals surface area contributed by atoms with E-state index in [1.54, 1.807) is 12.2 Å². The van der Waals surface area contributed by atoms with Crippen LogP contribution in [0.4, 0.5) is 0 Å². The van der Waals surface area contributed by atoms with Crippen LogP contribution in [0.2, 0.25) is 18.1 Å². The monoisotopic (exact) mass is 428 g/mol. The van der Waals surface area contributed by atoms with Gasteiger partial charge < -0.3 is 9.16 Å². The number of fused-ring (bicyclic) bond motifs is 1. The molecule has 2 aliphatic heterocycles. The zero-order valence-corrected chi connectivity index (χ0v) is 20.3. The Morgan fingerprint density at radius 1 is 1.10 bits per heavy atom. The van der Waals surface area contributed by atoms with Crippen molar-refractivity contribution in [3.63, 3.8) is 0 Å². The minimum Gasteiger partial charge on any atom is -0.413 e. The summed E-state index contributed by atoms with van der Waals surface area (Å²) >= 11 is 0. The fourth-order valence-electron chi connectivity index (χ4n) is 7.07. The van der Waals surface area contributed by atoms with Crippen molar-refractivity contribution in [3.05, 3.63) is 23.8 Å². The van der Waals surface area contributed by atoms with Gasteiger partial charge in [-0.3, -0.25) is 9.59 Å². The number of allylic oxidation sites excluding steroid dienone is 2. The zero-order valence-electron chi connectivity index (χ0n) is 19.3. The minimum atomic E-state index is -1.88. The van der Waals surface area contributed by atoms with Gasteiger partial charge in [-0.2, -0.15) is 0 Å². The van der Waals surface area contributed by atoms with Crippen molar-refractivity contribution in [2.45, 2.75) is 102 Å². The van der Waals surface area contributed by atoms with Gasteiger partial charge in [-0.15, -0.1) is 0 Å². The van der Waals surface area contributed by atoms with Gasteiger partial charge in [-0.25, -0.2) is 0 Å². The summed E-state index contributed by atoms with van der Waals surface area (Å²) in [6.45, 7) is 14.0. The van der Waals surface area contributed by atoms with Gasteiger partial charge in [0.25, 0.3) is 0 Å². The van der Waals surface area contributed by atoms with Crippen molar-refractivity contribution < 1.29 is 18.8 Å². The molecule has 6 atom stereocenters. The van der Waals surface area contributed by atoms with E-state index in [0.717, 1.165) is 38.5 Å². The van der Waals surface area contributed by atoms with Crippen LogP contribution < -0.4 is 0 Å². The molecule has 2 bridgehead atoms. The average Bonchev–Trinajstić information content (AvgIpc) is 3.14. The van der Waals surface area contributed by atoms with Crippen LogP contribution >= 0.6 is 0 Å². The van der Waals surface area contributed by atoms with Crippen LogP contribution in [0, 0.1) is 17.3 Å². The number of carbonyl (C=O) groups is 2. The fourth-order valence-corrected chi connectivity index (χ4v) is 8.52. The quantitative estimate of drug-likeness (QED) is 0.572. The van der Waals surface area contributed by atoms with Crippen molar-refractivity contribution in [3.8, 4) is 0 Å². The molecule has 5 aliphatic rings. The Labute approximate surface area is 181 Å². The second-order valence-corrected chi connectivity index (χ2v) is 17.0. The molecular formula is C25H36O4Si. The van der Waals surface area contributed by atoms with E-state index < -0.39 is 19.5 Å². The van der Waals surface area contributed by atoms with E-state index >= 15 is 0 Å². The second kappa shape index (κ2) is 6.05. The highest BCUT2D eigenvalue weighted by Gasteiger charge is 2.71. The van der Waals surface area contributed by atoms with Crippen LogP contribution in [0.3, 0.4) is 0 Å². The van der Waals surface area contributed by atoms with Gasteiger partial charge in [-0.1, -0.05) is 27.7 Å². The van der Waals surface area contributed by atoms with Gasteiger partial charge in [0.05, 0.1) is 17.6 Å². The Morgan fingerprint density at radius 2 is 1.83 bits per heavy atom. The molecule has 0 aromatic rings. The number of Topliss-reactive ketones (excluding diaryl/α,β-unsaturated/α-hetero) is 1. The Hall–Kier alpha value is -1.04. The maximum atomic E-state index is 13.6. The summed E-state index contributed by atoms with van der Waals surface area (Å²) in [5.41, 5.74) is -0.396. The molecule has 2 heterocycles. The summed E-state index contributed by atoms with van der Waals surface area (Å²) in [6, 6.07) is 0. The molecule has 164 valence electrons. The third kappa shape index (κ3) is 2.52. The third-order valence-corrected chi connectivity index (χ3v) is 14.2. The van der Waals surface area contributed by atoms with E-state index in [-0.39, 0.29) is 34.0 Å². The Bertz CT molecular complexity index is 880. The van der Waals surface area contributed by atoms with Gasteiger partial charge in [-0.05, 0) is 86.2 Å². The first-order valence-corrected chi connectivity index (χ1v) is 14.6. The molecule has 0 aromatic carbocycles. The third-order valence-electron chi connectivity index (χ3n) is 9.74. The lowest BCUT2D eigenvalue weighted by Gasteiger charge is -2.57. The summed E-state index contributed by atoms with van der Waals surface area (Å²) in [5.74, 6) is 0.321. The molecule has 4 fully saturated rings. The molecule has 5 heteroatoms. The highest BCUT2D eigenvalue weighted by Crippen LogP contribution is 2.68. The maximum Gasteiger partial charge on any atom is 0.192 e. The van der Waals surface area contributed by atoms with E-state index in [1.807, 2.05) is 6.08 Å². The number of ketones is 2. The number of hydrogen-bond donors (Lipinski definition) is 0. The van der Waals surface area contributed by atoms with Gasteiger partial charge in [0.1, 0.15) is 5.60 Å². The lowest BCUT2D eigenvalue weighted by molar-refractivity contribution is -0.202. The Kier molecular flexibility index (Phi) is 4.20. The standard InChI is InChI=1S/C25H36O4Si/c1-22(2,3)30(5,6)28-20-8-7-19-23(20,4)11-10-17-21(27)18-15-16(26)9-12-24(18)13-14-25(17,19)29-24/h9,12,15,17,19-20H,7-8,10-11,13-14H2,1-6H3/t17?,19-,20+,23+,24-,25+/m1/s1. The summed E-state index contributed by atoms with van der Waals surface area (Å²) in [5, 5.41) is 0.185. The van der Waals surface area contributed by atoms with Crippen LogP contribution in [-0.2, 0) is 18.8 Å². The average molecular weight is 429 g/mol. The molecule has 4 nitrogen and oxygen atoms in total. The van der Waals surface area contributed by atoms with Crippen LogP contribution in [0.5, 0.6) is 0 Å². The van der Waals surface area contributed by atoms with Crippen molar-refractivity contribution in [2.75, 3.05) is 0 Å². The van der Waals surface area contributed by atoms with Gasteiger partial charge in [0.15, 0.2) is 19.9 Å². The van der Waals surface area contributed by atoms with Crippen LogP contribution in [0.25, 0.3) is 0 Å². The van der Waals surface area contributed by atoms with Gasteiger partial charge >= 0.3 is 0 Å². The van der Waals surface area contributed by atoms with E-state index in [4.69, 9.17) is 9.16 Å².